The Bertz CT molecular complexity index is 690. The van der Waals surface area contributed by atoms with Crippen molar-refractivity contribution >= 4 is 23.1 Å². The summed E-state index contributed by atoms with van der Waals surface area (Å²) in [7, 11) is 1.57. The first-order valence-electron chi connectivity index (χ1n) is 5.80. The summed E-state index contributed by atoms with van der Waals surface area (Å²) in [5.74, 6) is 0.0690. The molecule has 0 aliphatic rings. The van der Waals surface area contributed by atoms with E-state index in [2.05, 4.69) is 4.98 Å². The third kappa shape index (κ3) is 3.44. The van der Waals surface area contributed by atoms with Gasteiger partial charge < -0.3 is 4.90 Å². The maximum atomic E-state index is 12.8. The van der Waals surface area contributed by atoms with E-state index in [-0.39, 0.29) is 11.0 Å². The van der Waals surface area contributed by atoms with E-state index in [4.69, 9.17) is 16.9 Å². The summed E-state index contributed by atoms with van der Waals surface area (Å²) in [5, 5.41) is 8.49. The Morgan fingerprint density at radius 2 is 1.81 bits per heavy atom. The molecule has 0 bridgehead atoms. The van der Waals surface area contributed by atoms with Crippen molar-refractivity contribution in [3.05, 3.63) is 52.7 Å². The Labute approximate surface area is 124 Å². The van der Waals surface area contributed by atoms with Crippen LogP contribution in [0.1, 0.15) is 11.1 Å². The number of alkyl halides is 3. The molecule has 0 aliphatic carbocycles. The van der Waals surface area contributed by atoms with Crippen LogP contribution in [0.3, 0.4) is 0 Å². The van der Waals surface area contributed by atoms with Crippen molar-refractivity contribution < 1.29 is 13.2 Å². The van der Waals surface area contributed by atoms with Gasteiger partial charge in [0.15, 0.2) is 0 Å². The first-order valence-corrected chi connectivity index (χ1v) is 6.18. The molecule has 0 saturated carbocycles. The molecule has 1 aromatic carbocycles. The summed E-state index contributed by atoms with van der Waals surface area (Å²) in [6.45, 7) is 0. The number of rotatable bonds is 2. The number of aromatic nitrogens is 1. The van der Waals surface area contributed by atoms with Crippen molar-refractivity contribution in [2.75, 3.05) is 11.9 Å². The van der Waals surface area contributed by atoms with Crippen LogP contribution in [0, 0.1) is 11.3 Å². The van der Waals surface area contributed by atoms with Crippen molar-refractivity contribution in [2.24, 2.45) is 0 Å². The lowest BCUT2D eigenvalue weighted by atomic mass is 10.2. The number of hydrogen-bond acceptors (Lipinski definition) is 3. The number of nitriles is 1. The fourth-order valence-corrected chi connectivity index (χ4v) is 1.91. The SMILES string of the molecule is CN(c1ccc(C#N)cc1)c1cc(C(F)(F)F)cc(Cl)n1. The van der Waals surface area contributed by atoms with E-state index in [0.717, 1.165) is 12.1 Å². The quantitative estimate of drug-likeness (QED) is 0.772. The lowest BCUT2D eigenvalue weighted by Gasteiger charge is -2.20. The largest absolute Gasteiger partial charge is 0.416 e. The van der Waals surface area contributed by atoms with Crippen LogP contribution in [-0.4, -0.2) is 12.0 Å². The van der Waals surface area contributed by atoms with Gasteiger partial charge >= 0.3 is 6.18 Å². The number of pyridine rings is 1. The molecule has 0 saturated heterocycles. The zero-order valence-electron chi connectivity index (χ0n) is 10.8. The second-order valence-electron chi connectivity index (χ2n) is 4.25. The van der Waals surface area contributed by atoms with Crippen molar-refractivity contribution in [1.82, 2.24) is 4.98 Å². The van der Waals surface area contributed by atoms with E-state index < -0.39 is 11.7 Å². The molecular formula is C14H9ClF3N3. The Morgan fingerprint density at radius 1 is 1.19 bits per heavy atom. The van der Waals surface area contributed by atoms with Gasteiger partial charge in [0.2, 0.25) is 0 Å². The summed E-state index contributed by atoms with van der Waals surface area (Å²) in [6.07, 6.45) is -4.49. The number of benzene rings is 1. The van der Waals surface area contributed by atoms with Gasteiger partial charge in [0.05, 0.1) is 17.2 Å². The van der Waals surface area contributed by atoms with Gasteiger partial charge in [0.1, 0.15) is 11.0 Å². The maximum Gasteiger partial charge on any atom is 0.416 e. The van der Waals surface area contributed by atoms with E-state index in [1.165, 1.54) is 4.90 Å². The second-order valence-corrected chi connectivity index (χ2v) is 4.64. The highest BCUT2D eigenvalue weighted by Crippen LogP contribution is 2.34. The van der Waals surface area contributed by atoms with Crippen LogP contribution in [0.4, 0.5) is 24.7 Å². The Hall–Kier alpha value is -2.26. The first kappa shape index (κ1) is 15.1. The molecule has 3 nitrogen and oxygen atoms in total. The van der Waals surface area contributed by atoms with Crippen LogP contribution < -0.4 is 4.90 Å². The van der Waals surface area contributed by atoms with Crippen LogP contribution in [0.15, 0.2) is 36.4 Å². The van der Waals surface area contributed by atoms with E-state index in [1.807, 2.05) is 6.07 Å². The molecule has 0 spiro atoms. The molecule has 0 N–H and O–H groups in total. The van der Waals surface area contributed by atoms with Gasteiger partial charge in [-0.1, -0.05) is 11.6 Å². The smallest absolute Gasteiger partial charge is 0.329 e. The van der Waals surface area contributed by atoms with Crippen LogP contribution in [0.2, 0.25) is 5.15 Å². The molecule has 1 aromatic heterocycles. The van der Waals surface area contributed by atoms with Gasteiger partial charge in [-0.15, -0.1) is 0 Å². The molecule has 0 atom stereocenters. The molecule has 1 heterocycles. The van der Waals surface area contributed by atoms with E-state index in [1.54, 1.807) is 31.3 Å². The Balaban J connectivity index is 2.40. The monoisotopic (exact) mass is 311 g/mol. The first-order chi connectivity index (χ1) is 9.81. The summed E-state index contributed by atoms with van der Waals surface area (Å²) in [6, 6.07) is 10.0. The standard InChI is InChI=1S/C14H9ClF3N3/c1-21(11-4-2-9(8-19)3-5-11)13-7-10(14(16,17)18)6-12(15)20-13/h2-7H,1H3. The Morgan fingerprint density at radius 3 is 2.33 bits per heavy atom. The minimum absolute atomic E-state index is 0.0690. The number of anilines is 2. The topological polar surface area (TPSA) is 39.9 Å². The number of hydrogen-bond donors (Lipinski definition) is 0. The van der Waals surface area contributed by atoms with Crippen molar-refractivity contribution in [1.29, 1.82) is 5.26 Å². The van der Waals surface area contributed by atoms with E-state index >= 15 is 0 Å². The van der Waals surface area contributed by atoms with Crippen LogP contribution in [0.25, 0.3) is 0 Å². The highest BCUT2D eigenvalue weighted by molar-refractivity contribution is 6.29. The third-order valence-electron chi connectivity index (χ3n) is 2.84. The number of halogens is 4. The maximum absolute atomic E-state index is 12.8. The van der Waals surface area contributed by atoms with Gasteiger partial charge in [-0.2, -0.15) is 18.4 Å². The molecule has 7 heteroatoms. The molecule has 2 rings (SSSR count). The summed E-state index contributed by atoms with van der Waals surface area (Å²) >= 11 is 5.65. The van der Waals surface area contributed by atoms with Gasteiger partial charge in [-0.3, -0.25) is 0 Å². The molecule has 21 heavy (non-hydrogen) atoms. The van der Waals surface area contributed by atoms with Crippen LogP contribution >= 0.6 is 11.6 Å². The molecule has 0 radical (unpaired) electrons. The highest BCUT2D eigenvalue weighted by Gasteiger charge is 2.32. The Kier molecular flexibility index (Phi) is 4.05. The molecule has 108 valence electrons. The van der Waals surface area contributed by atoms with E-state index in [0.29, 0.717) is 11.3 Å². The summed E-state index contributed by atoms with van der Waals surface area (Å²) < 4.78 is 38.3. The van der Waals surface area contributed by atoms with Gasteiger partial charge in [-0.25, -0.2) is 4.98 Å². The highest BCUT2D eigenvalue weighted by atomic mass is 35.5. The van der Waals surface area contributed by atoms with E-state index in [9.17, 15) is 13.2 Å². The van der Waals surface area contributed by atoms with Crippen LogP contribution in [0.5, 0.6) is 0 Å². The summed E-state index contributed by atoms with van der Waals surface area (Å²) in [5.41, 5.74) is 0.192. The molecule has 2 aromatic rings. The predicted molar refractivity (Wildman–Crippen MR) is 73.5 cm³/mol. The fourth-order valence-electron chi connectivity index (χ4n) is 1.71. The predicted octanol–water partition coefficient (Wildman–Crippen LogP) is 4.39. The normalized spacial score (nSPS) is 11.0. The van der Waals surface area contributed by atoms with Crippen molar-refractivity contribution in [3.63, 3.8) is 0 Å². The van der Waals surface area contributed by atoms with Gasteiger partial charge in [-0.05, 0) is 36.4 Å². The van der Waals surface area contributed by atoms with Gasteiger partial charge in [0.25, 0.3) is 0 Å². The van der Waals surface area contributed by atoms with Crippen molar-refractivity contribution in [3.8, 4) is 6.07 Å². The minimum atomic E-state index is -4.49. The fraction of sp³-hybridized carbons (Fsp3) is 0.143. The van der Waals surface area contributed by atoms with Crippen molar-refractivity contribution in [2.45, 2.75) is 6.18 Å². The molecule has 0 amide bonds. The zero-order valence-corrected chi connectivity index (χ0v) is 11.6. The van der Waals surface area contributed by atoms with Gasteiger partial charge in [0, 0.05) is 12.7 Å². The molecule has 0 unspecified atom stereocenters. The summed E-state index contributed by atoms with van der Waals surface area (Å²) in [4.78, 5) is 5.35. The number of nitrogens with zero attached hydrogens (tertiary/aromatic N) is 3. The minimum Gasteiger partial charge on any atom is -0.329 e. The average Bonchev–Trinajstić information content (AvgIpc) is 2.45. The molecule has 0 fully saturated rings. The zero-order chi connectivity index (χ0) is 15.6. The van der Waals surface area contributed by atoms with Crippen LogP contribution in [-0.2, 0) is 6.18 Å². The molecular weight excluding hydrogens is 303 g/mol. The lowest BCUT2D eigenvalue weighted by Crippen LogP contribution is -2.14. The third-order valence-corrected chi connectivity index (χ3v) is 3.03. The molecule has 0 aliphatic heterocycles. The average molecular weight is 312 g/mol. The lowest BCUT2D eigenvalue weighted by molar-refractivity contribution is -0.137. The second kappa shape index (κ2) is 5.62.